The van der Waals surface area contributed by atoms with E-state index in [4.69, 9.17) is 0 Å². The maximum atomic E-state index is 14.6. The van der Waals surface area contributed by atoms with Crippen LogP contribution in [0.4, 0.5) is 4.39 Å². The van der Waals surface area contributed by atoms with Crippen molar-refractivity contribution in [2.75, 3.05) is 6.54 Å². The van der Waals surface area contributed by atoms with Crippen molar-refractivity contribution in [3.8, 4) is 11.1 Å². The zero-order valence-electron chi connectivity index (χ0n) is 13.8. The van der Waals surface area contributed by atoms with E-state index in [0.29, 0.717) is 34.3 Å². The first kappa shape index (κ1) is 20.2. The lowest BCUT2D eigenvalue weighted by Gasteiger charge is -2.22. The number of halogens is 2. The quantitative estimate of drug-likeness (QED) is 0.671. The molecule has 0 saturated heterocycles. The van der Waals surface area contributed by atoms with E-state index in [0.717, 1.165) is 0 Å². The van der Waals surface area contributed by atoms with Gasteiger partial charge in [-0.25, -0.2) is 13.7 Å². The summed E-state index contributed by atoms with van der Waals surface area (Å²) in [6.07, 6.45) is 1.50. The Labute approximate surface area is 157 Å². The van der Waals surface area contributed by atoms with Gasteiger partial charge in [-0.1, -0.05) is 19.1 Å². The first-order valence-corrected chi connectivity index (χ1v) is 8.64. The van der Waals surface area contributed by atoms with Gasteiger partial charge < -0.3 is 9.54 Å². The Morgan fingerprint density at radius 1 is 1.23 bits per heavy atom. The Hall–Kier alpha value is -2.13. The summed E-state index contributed by atoms with van der Waals surface area (Å²) in [5, 5.41) is 0.629. The molecule has 0 radical (unpaired) electrons. The minimum atomic E-state index is -2.35. The number of aromatic amines is 1. The zero-order valence-corrected chi connectivity index (χ0v) is 15.4. The van der Waals surface area contributed by atoms with Crippen molar-refractivity contribution in [1.82, 2.24) is 14.3 Å². The Kier molecular flexibility index (Phi) is 6.60. The maximum absolute atomic E-state index is 14.6. The van der Waals surface area contributed by atoms with Gasteiger partial charge in [-0.3, -0.25) is 9.00 Å². The molecular formula is C17H16ClFN3O3S-. The molecular weight excluding hydrogens is 381 g/mol. The summed E-state index contributed by atoms with van der Waals surface area (Å²) in [5.41, 5.74) is 1.62. The van der Waals surface area contributed by atoms with Crippen LogP contribution in [0.25, 0.3) is 22.2 Å². The van der Waals surface area contributed by atoms with E-state index in [1.165, 1.54) is 22.6 Å². The number of nitrogens with zero attached hydrogens (tertiary/aromatic N) is 2. The van der Waals surface area contributed by atoms with Gasteiger partial charge >= 0.3 is 0 Å². The second kappa shape index (κ2) is 8.50. The summed E-state index contributed by atoms with van der Waals surface area (Å²) in [6.45, 7) is 2.13. The molecule has 0 aliphatic carbocycles. The molecule has 3 rings (SSSR count). The number of nitrogens with one attached hydrogen (secondary N) is 1. The molecule has 0 bridgehead atoms. The van der Waals surface area contributed by atoms with Crippen LogP contribution < -0.4 is 5.56 Å². The van der Waals surface area contributed by atoms with Crippen LogP contribution in [0.5, 0.6) is 0 Å². The average Bonchev–Trinajstić information content (AvgIpc) is 2.59. The first-order valence-electron chi connectivity index (χ1n) is 7.60. The summed E-state index contributed by atoms with van der Waals surface area (Å²) >= 11 is -2.35. The van der Waals surface area contributed by atoms with Crippen molar-refractivity contribution in [3.05, 3.63) is 64.3 Å². The molecule has 1 N–H and O–H groups in total. The molecule has 0 fully saturated rings. The van der Waals surface area contributed by atoms with Gasteiger partial charge in [-0.2, -0.15) is 0 Å². The molecule has 2 aromatic heterocycles. The van der Waals surface area contributed by atoms with E-state index in [1.54, 1.807) is 31.2 Å². The van der Waals surface area contributed by atoms with Gasteiger partial charge in [0, 0.05) is 47.6 Å². The fourth-order valence-corrected chi connectivity index (χ4v) is 3.11. The molecule has 0 aliphatic heterocycles. The third-order valence-corrected chi connectivity index (χ3v) is 4.69. The van der Waals surface area contributed by atoms with E-state index in [2.05, 4.69) is 9.97 Å². The van der Waals surface area contributed by atoms with Crippen LogP contribution >= 0.6 is 12.4 Å². The minimum absolute atomic E-state index is 0. The molecule has 6 nitrogen and oxygen atoms in total. The Bertz CT molecular complexity index is 1010. The number of rotatable bonds is 5. The number of hydrogen-bond acceptors (Lipinski definition) is 4. The van der Waals surface area contributed by atoms with E-state index >= 15 is 0 Å². The summed E-state index contributed by atoms with van der Waals surface area (Å²) in [4.78, 5) is 18.1. The Balaban J connectivity index is 0.00000243. The number of benzene rings is 1. The summed E-state index contributed by atoms with van der Waals surface area (Å²) in [5.74, 6) is -0.469. The maximum Gasteiger partial charge on any atom is 0.249 e. The zero-order chi connectivity index (χ0) is 18.0. The van der Waals surface area contributed by atoms with Crippen molar-refractivity contribution in [2.45, 2.75) is 13.5 Å². The predicted molar refractivity (Wildman–Crippen MR) is 100 cm³/mol. The monoisotopic (exact) mass is 396 g/mol. The Morgan fingerprint density at radius 2 is 2.00 bits per heavy atom. The highest BCUT2D eigenvalue weighted by Gasteiger charge is 2.12. The lowest BCUT2D eigenvalue weighted by atomic mass is 10.0. The van der Waals surface area contributed by atoms with Crippen molar-refractivity contribution in [1.29, 1.82) is 0 Å². The van der Waals surface area contributed by atoms with Crippen LogP contribution in [0.2, 0.25) is 0 Å². The lowest BCUT2D eigenvalue weighted by Crippen LogP contribution is -2.24. The molecule has 138 valence electrons. The smallest absolute Gasteiger partial charge is 0.249 e. The summed E-state index contributed by atoms with van der Waals surface area (Å²) < 4.78 is 38.0. The van der Waals surface area contributed by atoms with Crippen LogP contribution in [0.15, 0.2) is 47.4 Å². The largest absolute Gasteiger partial charge is 0.760 e. The van der Waals surface area contributed by atoms with E-state index in [9.17, 15) is 17.9 Å². The number of hydrogen-bond donors (Lipinski definition) is 1. The third-order valence-electron chi connectivity index (χ3n) is 3.88. The highest BCUT2D eigenvalue weighted by atomic mass is 35.5. The van der Waals surface area contributed by atoms with Crippen molar-refractivity contribution in [2.24, 2.45) is 0 Å². The summed E-state index contributed by atoms with van der Waals surface area (Å²) in [6, 6.07) is 9.25. The second-order valence-corrected chi connectivity index (χ2v) is 6.38. The van der Waals surface area contributed by atoms with Gasteiger partial charge in [0.1, 0.15) is 11.5 Å². The molecule has 0 amide bonds. The van der Waals surface area contributed by atoms with Crippen LogP contribution in [-0.4, -0.2) is 29.6 Å². The molecule has 3 aromatic rings. The highest BCUT2D eigenvalue weighted by molar-refractivity contribution is 7.76. The van der Waals surface area contributed by atoms with E-state index in [-0.39, 0.29) is 24.5 Å². The van der Waals surface area contributed by atoms with Crippen LogP contribution in [-0.2, 0) is 17.8 Å². The van der Waals surface area contributed by atoms with Crippen molar-refractivity contribution < 1.29 is 13.2 Å². The fourth-order valence-electron chi connectivity index (χ4n) is 2.64. The molecule has 9 heteroatoms. The molecule has 26 heavy (non-hydrogen) atoms. The van der Waals surface area contributed by atoms with E-state index in [1.807, 2.05) is 0 Å². The Morgan fingerprint density at radius 3 is 2.65 bits per heavy atom. The number of pyridine rings is 2. The third kappa shape index (κ3) is 4.16. The van der Waals surface area contributed by atoms with Crippen LogP contribution in [0, 0.1) is 5.82 Å². The topological polar surface area (TPSA) is 89.1 Å². The van der Waals surface area contributed by atoms with Gasteiger partial charge in [-0.05, 0) is 29.3 Å². The first-order chi connectivity index (χ1) is 12.0. The van der Waals surface area contributed by atoms with Gasteiger partial charge in [-0.15, -0.1) is 12.4 Å². The standard InChI is InChI=1S/C17H16FN3O3S.ClH/c1-2-21(25(23)24)10-11-3-4-13(15(18)9-11)12-7-8-19-17-14(12)5-6-16(22)20-17;/h3-9H,2,10H2,1H3,(H,23,24)(H,19,20,22);1H/p-1. The molecule has 0 spiro atoms. The summed E-state index contributed by atoms with van der Waals surface area (Å²) in [7, 11) is 0. The SMILES string of the molecule is CCN(Cc1ccc(-c2ccnc3[nH]c(=O)ccc23)c(F)c1)S(=O)[O-].Cl. The van der Waals surface area contributed by atoms with Crippen LogP contribution in [0.3, 0.4) is 0 Å². The van der Waals surface area contributed by atoms with Crippen molar-refractivity contribution in [3.63, 3.8) is 0 Å². The van der Waals surface area contributed by atoms with Gasteiger partial charge in [0.25, 0.3) is 0 Å². The van der Waals surface area contributed by atoms with E-state index < -0.39 is 17.1 Å². The molecule has 0 saturated carbocycles. The number of fused-ring (bicyclic) bond motifs is 1. The normalized spacial score (nSPS) is 12.2. The van der Waals surface area contributed by atoms with Gasteiger partial charge in [0.05, 0.1) is 0 Å². The van der Waals surface area contributed by atoms with Gasteiger partial charge in [0.2, 0.25) is 5.56 Å². The fraction of sp³-hybridized carbons (Fsp3) is 0.176. The minimum Gasteiger partial charge on any atom is -0.760 e. The molecule has 1 atom stereocenters. The van der Waals surface area contributed by atoms with Crippen molar-refractivity contribution >= 4 is 34.7 Å². The van der Waals surface area contributed by atoms with Gasteiger partial charge in [0.15, 0.2) is 0 Å². The molecule has 2 heterocycles. The molecule has 1 unspecified atom stereocenters. The average molecular weight is 397 g/mol. The molecule has 1 aromatic carbocycles. The predicted octanol–water partition coefficient (Wildman–Crippen LogP) is 2.77. The second-order valence-electron chi connectivity index (χ2n) is 5.43. The number of aromatic nitrogens is 2. The highest BCUT2D eigenvalue weighted by Crippen LogP contribution is 2.29. The molecule has 0 aliphatic rings. The lowest BCUT2D eigenvalue weighted by molar-refractivity contribution is 0.396. The number of H-pyrrole nitrogens is 1. The van der Waals surface area contributed by atoms with Crippen LogP contribution in [0.1, 0.15) is 12.5 Å².